The van der Waals surface area contributed by atoms with Crippen LogP contribution in [0.5, 0.6) is 0 Å². The molecule has 0 aliphatic carbocycles. The Morgan fingerprint density at radius 1 is 1.21 bits per heavy atom. The molecule has 0 aliphatic heterocycles. The Labute approximate surface area is 136 Å². The maximum absolute atomic E-state index is 12.6. The quantitative estimate of drug-likeness (QED) is 0.799. The molecule has 1 atom stereocenters. The molecule has 24 heavy (non-hydrogen) atoms. The molecule has 0 saturated heterocycles. The lowest BCUT2D eigenvalue weighted by Crippen LogP contribution is -2.29. The van der Waals surface area contributed by atoms with Gasteiger partial charge in [-0.25, -0.2) is 4.79 Å². The second-order valence-electron chi connectivity index (χ2n) is 5.15. The van der Waals surface area contributed by atoms with E-state index in [2.05, 4.69) is 0 Å². The fraction of sp³-hybridized carbons (Fsp3) is 0.294. The van der Waals surface area contributed by atoms with Crippen molar-refractivity contribution < 1.29 is 22.7 Å². The van der Waals surface area contributed by atoms with Gasteiger partial charge in [0.05, 0.1) is 18.2 Å². The second kappa shape index (κ2) is 6.90. The van der Waals surface area contributed by atoms with Crippen molar-refractivity contribution >= 4 is 5.97 Å². The third-order valence-electron chi connectivity index (χ3n) is 3.61. The topological polar surface area (TPSA) is 48.3 Å². The highest BCUT2D eigenvalue weighted by atomic mass is 19.4. The van der Waals surface area contributed by atoms with Crippen LogP contribution < -0.4 is 5.56 Å². The Bertz CT molecular complexity index is 779. The Hall–Kier alpha value is -2.57. The highest BCUT2D eigenvalue weighted by Crippen LogP contribution is 2.30. The van der Waals surface area contributed by atoms with Crippen molar-refractivity contribution in [1.29, 1.82) is 0 Å². The molecule has 0 amide bonds. The van der Waals surface area contributed by atoms with Crippen molar-refractivity contribution in [2.75, 3.05) is 6.61 Å². The van der Waals surface area contributed by atoms with E-state index in [-0.39, 0.29) is 12.2 Å². The average Bonchev–Trinajstić information content (AvgIpc) is 2.54. The molecule has 0 fully saturated rings. The van der Waals surface area contributed by atoms with Crippen molar-refractivity contribution in [2.24, 2.45) is 0 Å². The minimum atomic E-state index is -4.41. The first kappa shape index (κ1) is 17.8. The third-order valence-corrected chi connectivity index (χ3v) is 3.61. The van der Waals surface area contributed by atoms with Crippen LogP contribution in [0.3, 0.4) is 0 Å². The largest absolute Gasteiger partial charge is 0.462 e. The zero-order valence-corrected chi connectivity index (χ0v) is 13.1. The van der Waals surface area contributed by atoms with E-state index in [1.54, 1.807) is 13.8 Å². The molecular weight excluding hydrogens is 323 g/mol. The van der Waals surface area contributed by atoms with Gasteiger partial charge in [-0.3, -0.25) is 4.79 Å². The zero-order chi connectivity index (χ0) is 17.9. The summed E-state index contributed by atoms with van der Waals surface area (Å²) in [6.07, 6.45) is -2.93. The summed E-state index contributed by atoms with van der Waals surface area (Å²) in [4.78, 5) is 24.2. The SMILES string of the molecule is CCOC(=O)c1cccn(C(C)c2ccc(C(F)(F)F)cc2)c1=O. The number of benzene rings is 1. The number of carbonyl (C=O) groups excluding carboxylic acids is 1. The van der Waals surface area contributed by atoms with Gasteiger partial charge in [0.1, 0.15) is 5.56 Å². The summed E-state index contributed by atoms with van der Waals surface area (Å²) in [5, 5.41) is 0. The molecule has 2 aromatic rings. The van der Waals surface area contributed by atoms with Crippen LogP contribution in [0.4, 0.5) is 13.2 Å². The Morgan fingerprint density at radius 2 is 1.83 bits per heavy atom. The van der Waals surface area contributed by atoms with Crippen LogP contribution in [0.2, 0.25) is 0 Å². The predicted molar refractivity (Wildman–Crippen MR) is 81.9 cm³/mol. The first-order valence-electron chi connectivity index (χ1n) is 7.31. The number of hydrogen-bond donors (Lipinski definition) is 0. The molecule has 0 radical (unpaired) electrons. The summed E-state index contributed by atoms with van der Waals surface area (Å²) in [5.41, 5.74) is -0.904. The molecule has 0 saturated carbocycles. The van der Waals surface area contributed by atoms with E-state index in [9.17, 15) is 22.8 Å². The van der Waals surface area contributed by atoms with Crippen LogP contribution in [0.15, 0.2) is 47.4 Å². The fourth-order valence-electron chi connectivity index (χ4n) is 2.29. The molecule has 2 rings (SSSR count). The fourth-order valence-corrected chi connectivity index (χ4v) is 2.29. The molecule has 128 valence electrons. The normalized spacial score (nSPS) is 12.7. The Kier molecular flexibility index (Phi) is 5.11. The number of alkyl halides is 3. The first-order chi connectivity index (χ1) is 11.3. The number of hydrogen-bond acceptors (Lipinski definition) is 3. The van der Waals surface area contributed by atoms with Crippen LogP contribution in [0, 0.1) is 0 Å². The van der Waals surface area contributed by atoms with E-state index in [4.69, 9.17) is 4.74 Å². The van der Waals surface area contributed by atoms with Gasteiger partial charge >= 0.3 is 12.1 Å². The summed E-state index contributed by atoms with van der Waals surface area (Å²) >= 11 is 0. The average molecular weight is 339 g/mol. The zero-order valence-electron chi connectivity index (χ0n) is 13.1. The van der Waals surface area contributed by atoms with Crippen LogP contribution in [0.25, 0.3) is 0 Å². The summed E-state index contributed by atoms with van der Waals surface area (Å²) in [6.45, 7) is 3.44. The van der Waals surface area contributed by atoms with Crippen molar-refractivity contribution in [3.8, 4) is 0 Å². The summed E-state index contributed by atoms with van der Waals surface area (Å²) in [7, 11) is 0. The lowest BCUT2D eigenvalue weighted by molar-refractivity contribution is -0.137. The van der Waals surface area contributed by atoms with Crippen LogP contribution in [-0.2, 0) is 10.9 Å². The van der Waals surface area contributed by atoms with Crippen molar-refractivity contribution in [2.45, 2.75) is 26.1 Å². The van der Waals surface area contributed by atoms with E-state index >= 15 is 0 Å². The second-order valence-corrected chi connectivity index (χ2v) is 5.15. The van der Waals surface area contributed by atoms with Crippen LogP contribution in [-0.4, -0.2) is 17.1 Å². The Morgan fingerprint density at radius 3 is 2.38 bits per heavy atom. The van der Waals surface area contributed by atoms with E-state index in [0.717, 1.165) is 12.1 Å². The number of nitrogens with zero attached hydrogens (tertiary/aromatic N) is 1. The molecule has 0 N–H and O–H groups in total. The van der Waals surface area contributed by atoms with Gasteiger partial charge in [0.15, 0.2) is 0 Å². The monoisotopic (exact) mass is 339 g/mol. The van der Waals surface area contributed by atoms with Crippen molar-refractivity contribution in [1.82, 2.24) is 4.57 Å². The molecule has 4 nitrogen and oxygen atoms in total. The van der Waals surface area contributed by atoms with Gasteiger partial charge in [0.25, 0.3) is 5.56 Å². The molecule has 0 aliphatic rings. The smallest absolute Gasteiger partial charge is 0.416 e. The number of esters is 1. The number of rotatable bonds is 4. The van der Waals surface area contributed by atoms with Gasteiger partial charge in [0.2, 0.25) is 0 Å². The highest BCUT2D eigenvalue weighted by molar-refractivity contribution is 5.88. The molecule has 1 aromatic heterocycles. The molecule has 0 spiro atoms. The molecule has 1 heterocycles. The third kappa shape index (κ3) is 3.67. The standard InChI is InChI=1S/C17H16F3NO3/c1-3-24-16(23)14-5-4-10-21(15(14)22)11(2)12-6-8-13(9-7-12)17(18,19)20/h4-11H,3H2,1-2H3. The van der Waals surface area contributed by atoms with Gasteiger partial charge in [0, 0.05) is 6.20 Å². The summed E-state index contributed by atoms with van der Waals surface area (Å²) in [6, 6.07) is 6.91. The van der Waals surface area contributed by atoms with Crippen molar-refractivity contribution in [3.05, 3.63) is 69.6 Å². The van der Waals surface area contributed by atoms with Gasteiger partial charge < -0.3 is 9.30 Å². The van der Waals surface area contributed by atoms with Gasteiger partial charge in [-0.1, -0.05) is 12.1 Å². The minimum Gasteiger partial charge on any atom is -0.462 e. The van der Waals surface area contributed by atoms with E-state index < -0.39 is 29.3 Å². The number of ether oxygens (including phenoxy) is 1. The summed E-state index contributed by atoms with van der Waals surface area (Å²) in [5.74, 6) is -0.725. The molecular formula is C17H16F3NO3. The lowest BCUT2D eigenvalue weighted by atomic mass is 10.1. The maximum atomic E-state index is 12.6. The summed E-state index contributed by atoms with van der Waals surface area (Å²) < 4.78 is 44.0. The number of carbonyl (C=O) groups is 1. The number of pyridine rings is 1. The van der Waals surface area contributed by atoms with E-state index in [0.29, 0.717) is 5.56 Å². The van der Waals surface area contributed by atoms with Gasteiger partial charge in [-0.2, -0.15) is 13.2 Å². The number of halogens is 3. The van der Waals surface area contributed by atoms with E-state index in [1.807, 2.05) is 0 Å². The lowest BCUT2D eigenvalue weighted by Gasteiger charge is -2.17. The van der Waals surface area contributed by atoms with Crippen LogP contribution >= 0.6 is 0 Å². The molecule has 0 bridgehead atoms. The molecule has 1 aromatic carbocycles. The Balaban J connectivity index is 2.36. The van der Waals surface area contributed by atoms with Crippen LogP contribution in [0.1, 0.15) is 41.4 Å². The van der Waals surface area contributed by atoms with Crippen molar-refractivity contribution in [3.63, 3.8) is 0 Å². The predicted octanol–water partition coefficient (Wildman–Crippen LogP) is 3.65. The minimum absolute atomic E-state index is 0.113. The van der Waals surface area contributed by atoms with E-state index in [1.165, 1.54) is 35.0 Å². The molecule has 1 unspecified atom stereocenters. The highest BCUT2D eigenvalue weighted by Gasteiger charge is 2.30. The van der Waals surface area contributed by atoms with Gasteiger partial charge in [-0.15, -0.1) is 0 Å². The number of aromatic nitrogens is 1. The first-order valence-corrected chi connectivity index (χ1v) is 7.31. The van der Waals surface area contributed by atoms with Gasteiger partial charge in [-0.05, 0) is 43.7 Å². The molecule has 7 heteroatoms. The maximum Gasteiger partial charge on any atom is 0.416 e.